The van der Waals surface area contributed by atoms with Gasteiger partial charge in [0, 0.05) is 22.8 Å². The molecule has 1 amide bonds. The first kappa shape index (κ1) is 19.6. The molecular formula is C20H22N2O3S2. The molecule has 0 saturated carbocycles. The van der Waals surface area contributed by atoms with Crippen LogP contribution in [0.5, 0.6) is 0 Å². The number of carboxylic acid groups (broad SMARTS) is 1. The quantitative estimate of drug-likeness (QED) is 0.695. The summed E-state index contributed by atoms with van der Waals surface area (Å²) < 4.78 is 0. The maximum Gasteiger partial charge on any atom is 0.326 e. The lowest BCUT2D eigenvalue weighted by molar-refractivity contribution is -0.141. The number of nitrogens with one attached hydrogen (secondary N) is 1. The van der Waals surface area contributed by atoms with Gasteiger partial charge in [0.05, 0.1) is 11.4 Å². The second-order valence-electron chi connectivity index (χ2n) is 6.18. The van der Waals surface area contributed by atoms with Crippen LogP contribution in [-0.4, -0.2) is 41.6 Å². The molecule has 0 fully saturated rings. The van der Waals surface area contributed by atoms with E-state index in [9.17, 15) is 14.7 Å². The predicted molar refractivity (Wildman–Crippen MR) is 111 cm³/mol. The third-order valence-corrected chi connectivity index (χ3v) is 6.11. The third-order valence-electron chi connectivity index (χ3n) is 4.34. The normalized spacial score (nSPS) is 13.4. The van der Waals surface area contributed by atoms with Crippen LogP contribution in [0.2, 0.25) is 0 Å². The number of para-hydroxylation sites is 2. The number of fused-ring (bicyclic) bond motifs is 2. The number of rotatable bonds is 8. The summed E-state index contributed by atoms with van der Waals surface area (Å²) in [5.74, 6) is -0.527. The summed E-state index contributed by atoms with van der Waals surface area (Å²) in [5.41, 5.74) is 2.15. The number of anilines is 2. The van der Waals surface area contributed by atoms with Gasteiger partial charge in [-0.3, -0.25) is 4.79 Å². The second-order valence-corrected chi connectivity index (χ2v) is 8.25. The number of benzene rings is 2. The van der Waals surface area contributed by atoms with Gasteiger partial charge in [-0.05, 0) is 42.7 Å². The summed E-state index contributed by atoms with van der Waals surface area (Å²) in [6.07, 6.45) is 2.58. The molecule has 7 heteroatoms. The topological polar surface area (TPSA) is 69.6 Å². The molecule has 0 aliphatic carbocycles. The lowest BCUT2D eigenvalue weighted by Crippen LogP contribution is -2.42. The molecule has 142 valence electrons. The van der Waals surface area contributed by atoms with Crippen LogP contribution in [0.3, 0.4) is 0 Å². The molecule has 1 aliphatic heterocycles. The maximum absolute atomic E-state index is 12.4. The van der Waals surface area contributed by atoms with Gasteiger partial charge in [-0.25, -0.2) is 4.79 Å². The van der Waals surface area contributed by atoms with Crippen molar-refractivity contribution in [2.75, 3.05) is 23.5 Å². The molecule has 1 atom stereocenters. The van der Waals surface area contributed by atoms with Crippen LogP contribution in [0.25, 0.3) is 0 Å². The van der Waals surface area contributed by atoms with E-state index in [1.807, 2.05) is 30.5 Å². The zero-order valence-corrected chi connectivity index (χ0v) is 16.7. The fourth-order valence-electron chi connectivity index (χ4n) is 2.99. The Bertz CT molecular complexity index is 783. The molecule has 0 spiro atoms. The van der Waals surface area contributed by atoms with Crippen LogP contribution in [0, 0.1) is 0 Å². The minimum Gasteiger partial charge on any atom is -0.480 e. The van der Waals surface area contributed by atoms with Crippen molar-refractivity contribution in [2.24, 2.45) is 0 Å². The summed E-state index contributed by atoms with van der Waals surface area (Å²) in [5, 5.41) is 11.9. The van der Waals surface area contributed by atoms with E-state index in [4.69, 9.17) is 0 Å². The van der Waals surface area contributed by atoms with E-state index in [0.717, 1.165) is 21.2 Å². The number of carbonyl (C=O) groups excluding carboxylic acids is 1. The van der Waals surface area contributed by atoms with Crippen LogP contribution in [0.1, 0.15) is 12.8 Å². The predicted octanol–water partition coefficient (Wildman–Crippen LogP) is 4.00. The Morgan fingerprint density at radius 2 is 1.70 bits per heavy atom. The van der Waals surface area contributed by atoms with Crippen molar-refractivity contribution in [3.8, 4) is 0 Å². The maximum atomic E-state index is 12.4. The zero-order chi connectivity index (χ0) is 19.2. The highest BCUT2D eigenvalue weighted by Gasteiger charge is 2.24. The van der Waals surface area contributed by atoms with Crippen molar-refractivity contribution in [1.82, 2.24) is 5.32 Å². The van der Waals surface area contributed by atoms with Gasteiger partial charge in [0.2, 0.25) is 5.91 Å². The number of carboxylic acids is 1. The average molecular weight is 403 g/mol. The van der Waals surface area contributed by atoms with E-state index in [0.29, 0.717) is 18.7 Å². The molecule has 2 N–H and O–H groups in total. The van der Waals surface area contributed by atoms with E-state index in [2.05, 4.69) is 34.5 Å². The number of carbonyl (C=O) groups is 2. The first-order valence-electron chi connectivity index (χ1n) is 8.74. The van der Waals surface area contributed by atoms with Crippen LogP contribution in [0.4, 0.5) is 11.4 Å². The molecule has 2 aromatic rings. The van der Waals surface area contributed by atoms with Gasteiger partial charge in [-0.1, -0.05) is 36.0 Å². The molecule has 27 heavy (non-hydrogen) atoms. The zero-order valence-electron chi connectivity index (χ0n) is 15.1. The Morgan fingerprint density at radius 1 is 1.11 bits per heavy atom. The summed E-state index contributed by atoms with van der Waals surface area (Å²) in [6.45, 7) is 0.495. The summed E-state index contributed by atoms with van der Waals surface area (Å²) in [6, 6.07) is 15.4. The molecule has 2 aromatic carbocycles. The highest BCUT2D eigenvalue weighted by molar-refractivity contribution is 7.99. The fraction of sp³-hybridized carbons (Fsp3) is 0.300. The Morgan fingerprint density at radius 3 is 2.26 bits per heavy atom. The number of thioether (sulfide) groups is 1. The smallest absolute Gasteiger partial charge is 0.326 e. The van der Waals surface area contributed by atoms with E-state index < -0.39 is 12.0 Å². The summed E-state index contributed by atoms with van der Waals surface area (Å²) in [4.78, 5) is 28.2. The van der Waals surface area contributed by atoms with Crippen molar-refractivity contribution < 1.29 is 14.7 Å². The third kappa shape index (κ3) is 4.78. The largest absolute Gasteiger partial charge is 0.480 e. The van der Waals surface area contributed by atoms with Gasteiger partial charge in [0.1, 0.15) is 6.04 Å². The standard InChI is InChI=1S/C20H22N2O3S2/c1-26-13-11-14(20(24)25)21-19(23)10-12-22-15-6-2-4-8-17(15)27-18-9-5-3-7-16(18)22/h2-9,14H,10-13H2,1H3,(H,21,23)(H,24,25)/t14-/m0/s1. The number of hydrogen-bond donors (Lipinski definition) is 2. The fourth-order valence-corrected chi connectivity index (χ4v) is 4.56. The number of aliphatic carboxylic acids is 1. The van der Waals surface area contributed by atoms with Gasteiger partial charge in [-0.2, -0.15) is 11.8 Å². The van der Waals surface area contributed by atoms with Crippen LogP contribution >= 0.6 is 23.5 Å². The van der Waals surface area contributed by atoms with Gasteiger partial charge in [-0.15, -0.1) is 0 Å². The molecule has 0 bridgehead atoms. The minimum absolute atomic E-state index is 0.233. The van der Waals surface area contributed by atoms with Gasteiger partial charge in [0.25, 0.3) is 0 Å². The highest BCUT2D eigenvalue weighted by Crippen LogP contribution is 2.47. The number of amides is 1. The van der Waals surface area contributed by atoms with Crippen LogP contribution < -0.4 is 10.2 Å². The molecule has 3 rings (SSSR count). The Kier molecular flexibility index (Phi) is 6.68. The summed E-state index contributed by atoms with van der Waals surface area (Å²) >= 11 is 3.29. The van der Waals surface area contributed by atoms with E-state index in [1.54, 1.807) is 23.5 Å². The Balaban J connectivity index is 1.70. The molecule has 5 nitrogen and oxygen atoms in total. The number of nitrogens with zero attached hydrogens (tertiary/aromatic N) is 1. The van der Waals surface area contributed by atoms with Crippen molar-refractivity contribution in [2.45, 2.75) is 28.7 Å². The molecule has 0 radical (unpaired) electrons. The van der Waals surface area contributed by atoms with E-state index in [1.165, 1.54) is 0 Å². The first-order chi connectivity index (χ1) is 13.1. The van der Waals surface area contributed by atoms with Crippen molar-refractivity contribution >= 4 is 46.8 Å². The molecule has 1 aliphatic rings. The molecule has 0 aromatic heterocycles. The molecule has 0 saturated heterocycles. The van der Waals surface area contributed by atoms with Crippen molar-refractivity contribution in [3.05, 3.63) is 48.5 Å². The van der Waals surface area contributed by atoms with Gasteiger partial charge >= 0.3 is 5.97 Å². The van der Waals surface area contributed by atoms with Crippen LogP contribution in [-0.2, 0) is 9.59 Å². The lowest BCUT2D eigenvalue weighted by atomic mass is 10.2. The highest BCUT2D eigenvalue weighted by atomic mass is 32.2. The van der Waals surface area contributed by atoms with Gasteiger partial charge < -0.3 is 15.3 Å². The minimum atomic E-state index is -0.984. The van der Waals surface area contributed by atoms with Crippen molar-refractivity contribution in [3.63, 3.8) is 0 Å². The molecule has 0 unspecified atom stereocenters. The van der Waals surface area contributed by atoms with Gasteiger partial charge in [0.15, 0.2) is 0 Å². The van der Waals surface area contributed by atoms with Crippen LogP contribution in [0.15, 0.2) is 58.3 Å². The summed E-state index contributed by atoms with van der Waals surface area (Å²) in [7, 11) is 0. The molecular weight excluding hydrogens is 380 g/mol. The Labute approximate surface area is 167 Å². The number of hydrogen-bond acceptors (Lipinski definition) is 5. The lowest BCUT2D eigenvalue weighted by Gasteiger charge is -2.32. The van der Waals surface area contributed by atoms with Crippen molar-refractivity contribution in [1.29, 1.82) is 0 Å². The first-order valence-corrected chi connectivity index (χ1v) is 11.0. The SMILES string of the molecule is CSCC[C@H](NC(=O)CCN1c2ccccc2Sc2ccccc21)C(=O)O. The average Bonchev–Trinajstić information content (AvgIpc) is 2.68. The monoisotopic (exact) mass is 402 g/mol. The van der Waals surface area contributed by atoms with E-state index in [-0.39, 0.29) is 12.3 Å². The Hall–Kier alpha value is -2.12. The van der Waals surface area contributed by atoms with E-state index >= 15 is 0 Å². The molecule has 1 heterocycles. The second kappa shape index (κ2) is 9.19.